The second kappa shape index (κ2) is 8.46. The number of carbonyl (C=O) groups excluding carboxylic acids is 3. The van der Waals surface area contributed by atoms with E-state index in [1.165, 1.54) is 24.9 Å². The molecule has 12 heteroatoms. The molecule has 0 aliphatic carbocycles. The zero-order valence-corrected chi connectivity index (χ0v) is 17.7. The Bertz CT molecular complexity index is 1220. The Balaban J connectivity index is 1.61. The van der Waals surface area contributed by atoms with Gasteiger partial charge in [0.1, 0.15) is 16.7 Å². The molecular weight excluding hydrogens is 444 g/mol. The van der Waals surface area contributed by atoms with Crippen molar-refractivity contribution < 1.29 is 32.2 Å². The maximum atomic E-state index is 13.8. The molecule has 9 nitrogen and oxygen atoms in total. The maximum Gasteiger partial charge on any atom is 0.445 e. The highest BCUT2D eigenvalue weighted by Gasteiger charge is 2.49. The average Bonchev–Trinajstić information content (AvgIpc) is 3.31. The molecule has 1 atom stereocenters. The number of aliphatic imine (C=N–C) groups is 2. The van der Waals surface area contributed by atoms with Gasteiger partial charge in [0.05, 0.1) is 31.8 Å². The molecule has 2 aliphatic heterocycles. The number of hydrogen-bond donors (Lipinski definition) is 1. The SMILES string of the molecule is CN1C(=O)C2C(SCC(=O)Nc3ccc(F)cc3F)=NC(c3ccco3)=NC2=[N+](C)C1=O. The first-order valence-electron chi connectivity index (χ1n) is 9.27. The van der Waals surface area contributed by atoms with E-state index in [2.05, 4.69) is 15.3 Å². The number of thioether (sulfide) groups is 1. The third-order valence-electron chi connectivity index (χ3n) is 4.73. The molecule has 164 valence electrons. The van der Waals surface area contributed by atoms with Gasteiger partial charge in [-0.25, -0.2) is 18.6 Å². The lowest BCUT2D eigenvalue weighted by Gasteiger charge is -2.26. The van der Waals surface area contributed by atoms with Gasteiger partial charge in [-0.1, -0.05) is 16.8 Å². The minimum atomic E-state index is -0.984. The van der Waals surface area contributed by atoms with Crippen LogP contribution >= 0.6 is 11.8 Å². The smallest absolute Gasteiger partial charge is 0.445 e. The first kappa shape index (κ1) is 21.6. The number of amides is 4. The number of halogens is 2. The van der Waals surface area contributed by atoms with E-state index < -0.39 is 35.4 Å². The van der Waals surface area contributed by atoms with Gasteiger partial charge in [0.25, 0.3) is 11.7 Å². The van der Waals surface area contributed by atoms with E-state index in [1.807, 2.05) is 0 Å². The number of furan rings is 1. The van der Waals surface area contributed by atoms with Crippen LogP contribution in [0.2, 0.25) is 0 Å². The lowest BCUT2D eigenvalue weighted by Crippen LogP contribution is -2.54. The molecule has 0 fully saturated rings. The molecular formula is C20H16F2N5O4S+. The zero-order valence-electron chi connectivity index (χ0n) is 16.8. The van der Waals surface area contributed by atoms with E-state index in [0.29, 0.717) is 11.8 Å². The average molecular weight is 460 g/mol. The number of anilines is 1. The number of urea groups is 1. The van der Waals surface area contributed by atoms with Crippen molar-refractivity contribution in [2.45, 2.75) is 0 Å². The van der Waals surface area contributed by atoms with Crippen molar-refractivity contribution in [1.82, 2.24) is 4.90 Å². The van der Waals surface area contributed by atoms with Gasteiger partial charge >= 0.3 is 11.9 Å². The van der Waals surface area contributed by atoms with Gasteiger partial charge in [-0.2, -0.15) is 9.48 Å². The molecule has 1 unspecified atom stereocenters. The molecule has 0 spiro atoms. The number of benzene rings is 1. The zero-order chi connectivity index (χ0) is 23.0. The predicted octanol–water partition coefficient (Wildman–Crippen LogP) is 2.34. The van der Waals surface area contributed by atoms with Crippen molar-refractivity contribution >= 4 is 52.0 Å². The summed E-state index contributed by atoms with van der Waals surface area (Å²) in [6, 6.07) is 5.49. The van der Waals surface area contributed by atoms with Crippen molar-refractivity contribution in [2.75, 3.05) is 25.2 Å². The Morgan fingerprint density at radius 3 is 2.75 bits per heavy atom. The minimum Gasteiger partial charge on any atom is -0.459 e. The monoisotopic (exact) mass is 460 g/mol. The van der Waals surface area contributed by atoms with Crippen molar-refractivity contribution in [2.24, 2.45) is 15.9 Å². The lowest BCUT2D eigenvalue weighted by atomic mass is 10.0. The summed E-state index contributed by atoms with van der Waals surface area (Å²) in [5, 5.41) is 2.58. The van der Waals surface area contributed by atoms with E-state index in [9.17, 15) is 23.2 Å². The molecule has 3 heterocycles. The first-order valence-corrected chi connectivity index (χ1v) is 10.3. The van der Waals surface area contributed by atoms with E-state index in [0.717, 1.165) is 28.8 Å². The molecule has 0 bridgehead atoms. The van der Waals surface area contributed by atoms with Gasteiger partial charge < -0.3 is 9.73 Å². The van der Waals surface area contributed by atoms with E-state index >= 15 is 0 Å². The molecule has 0 radical (unpaired) electrons. The first-order chi connectivity index (χ1) is 15.3. The van der Waals surface area contributed by atoms with Crippen molar-refractivity contribution in [1.29, 1.82) is 0 Å². The van der Waals surface area contributed by atoms with Crippen molar-refractivity contribution in [3.63, 3.8) is 0 Å². The van der Waals surface area contributed by atoms with Crippen LogP contribution in [-0.4, -0.2) is 63.9 Å². The third-order valence-corrected chi connectivity index (χ3v) is 5.76. The van der Waals surface area contributed by atoms with Crippen molar-refractivity contribution in [3.8, 4) is 0 Å². The molecule has 0 saturated heterocycles. The van der Waals surface area contributed by atoms with Gasteiger partial charge in [-0.05, 0) is 24.3 Å². The summed E-state index contributed by atoms with van der Waals surface area (Å²) in [5.74, 6) is -3.39. The predicted molar refractivity (Wildman–Crippen MR) is 113 cm³/mol. The summed E-state index contributed by atoms with van der Waals surface area (Å²) in [6.45, 7) is 0. The Morgan fingerprint density at radius 1 is 1.28 bits per heavy atom. The van der Waals surface area contributed by atoms with E-state index in [-0.39, 0.29) is 28.2 Å². The highest BCUT2D eigenvalue weighted by molar-refractivity contribution is 8.14. The third kappa shape index (κ3) is 3.96. The fourth-order valence-electron chi connectivity index (χ4n) is 3.12. The lowest BCUT2D eigenvalue weighted by molar-refractivity contribution is -0.407. The van der Waals surface area contributed by atoms with Gasteiger partial charge in [0.2, 0.25) is 5.91 Å². The highest BCUT2D eigenvalue weighted by Crippen LogP contribution is 2.27. The van der Waals surface area contributed by atoms with Crippen LogP contribution in [0.1, 0.15) is 5.76 Å². The number of carbonyl (C=O) groups is 3. The number of nitrogens with one attached hydrogen (secondary N) is 1. The van der Waals surface area contributed by atoms with Gasteiger partial charge in [0, 0.05) is 6.07 Å². The van der Waals surface area contributed by atoms with Crippen LogP contribution in [0.15, 0.2) is 51.0 Å². The molecule has 2 aromatic rings. The van der Waals surface area contributed by atoms with Crippen LogP contribution in [0.25, 0.3) is 0 Å². The number of amidine groups is 2. The van der Waals surface area contributed by atoms with Gasteiger partial charge in [0.15, 0.2) is 11.7 Å². The molecule has 2 aliphatic rings. The normalized spacial score (nSPS) is 18.4. The standard InChI is InChI=1S/C20H15F2N5O4S/c1-26-17-15(19(29)27(2)20(26)30)18(25-16(24-17)13-4-3-7-31-13)32-9-14(28)23-12-6-5-10(21)8-11(12)22/h3-8,15H,9H2,1-2H3/p+1. The Morgan fingerprint density at radius 2 is 2.06 bits per heavy atom. The summed E-state index contributed by atoms with van der Waals surface area (Å²) in [7, 11) is 2.82. The second-order valence-corrected chi connectivity index (χ2v) is 7.85. The Kier molecular flexibility index (Phi) is 5.70. The second-order valence-electron chi connectivity index (χ2n) is 6.85. The van der Waals surface area contributed by atoms with Crippen LogP contribution in [0.5, 0.6) is 0 Å². The fraction of sp³-hybridized carbons (Fsp3) is 0.200. The summed E-state index contributed by atoms with van der Waals surface area (Å²) < 4.78 is 33.4. The summed E-state index contributed by atoms with van der Waals surface area (Å²) >= 11 is 0.942. The van der Waals surface area contributed by atoms with Gasteiger partial charge in [-0.15, -0.1) is 0 Å². The number of rotatable bonds is 4. The number of fused-ring (bicyclic) bond motifs is 1. The largest absolute Gasteiger partial charge is 0.459 e. The van der Waals surface area contributed by atoms with Crippen molar-refractivity contribution in [3.05, 3.63) is 54.0 Å². The topological polar surface area (TPSA) is 107 Å². The molecule has 0 saturated carbocycles. The molecule has 1 aromatic heterocycles. The minimum absolute atomic E-state index is 0.144. The quantitative estimate of drug-likeness (QED) is 0.705. The molecule has 4 rings (SSSR count). The number of nitrogens with zero attached hydrogens (tertiary/aromatic N) is 4. The van der Waals surface area contributed by atoms with Crippen LogP contribution in [0.4, 0.5) is 19.3 Å². The number of imide groups is 1. The molecule has 4 amide bonds. The fourth-order valence-corrected chi connectivity index (χ4v) is 4.00. The van der Waals surface area contributed by atoms with E-state index in [1.54, 1.807) is 12.1 Å². The molecule has 1 N–H and O–H groups in total. The summed E-state index contributed by atoms with van der Waals surface area (Å²) in [5.41, 5.74) is -0.175. The Hall–Kier alpha value is -3.67. The van der Waals surface area contributed by atoms with Crippen LogP contribution in [0.3, 0.4) is 0 Å². The maximum absolute atomic E-state index is 13.8. The highest BCUT2D eigenvalue weighted by atomic mass is 32.2. The van der Waals surface area contributed by atoms with Crippen LogP contribution < -0.4 is 5.32 Å². The Labute approximate surface area is 184 Å². The summed E-state index contributed by atoms with van der Waals surface area (Å²) in [6.07, 6.45) is 1.43. The van der Waals surface area contributed by atoms with Crippen LogP contribution in [-0.2, 0) is 9.59 Å². The number of hydrogen-bond acceptors (Lipinski definition) is 7. The van der Waals surface area contributed by atoms with E-state index in [4.69, 9.17) is 4.42 Å². The van der Waals surface area contributed by atoms with Crippen LogP contribution in [0, 0.1) is 17.6 Å². The summed E-state index contributed by atoms with van der Waals surface area (Å²) in [4.78, 5) is 47.2. The van der Waals surface area contributed by atoms with Gasteiger partial charge in [-0.3, -0.25) is 9.59 Å². The molecule has 32 heavy (non-hydrogen) atoms. The molecule has 1 aromatic carbocycles.